The number of allylic oxidation sites excluding steroid dienone is 1. The first kappa shape index (κ1) is 34.2. The molecule has 3 heteroatoms. The highest BCUT2D eigenvalue weighted by molar-refractivity contribution is 5.81. The maximum Gasteiger partial charge on any atom is 0.135 e. The third-order valence-electron chi connectivity index (χ3n) is 7.61. The molecule has 0 aromatic heterocycles. The summed E-state index contributed by atoms with van der Waals surface area (Å²) in [5, 5.41) is 0. The molecule has 0 bridgehead atoms. The molecule has 1 aliphatic rings. The third kappa shape index (κ3) is 13.7. The maximum absolute atomic E-state index is 12.7. The van der Waals surface area contributed by atoms with Gasteiger partial charge >= 0.3 is 0 Å². The zero-order valence-corrected chi connectivity index (χ0v) is 25.5. The predicted molar refractivity (Wildman–Crippen MR) is 167 cm³/mol. The van der Waals surface area contributed by atoms with Crippen LogP contribution in [0.5, 0.6) is 0 Å². The first-order chi connectivity index (χ1) is 18.6. The van der Waals surface area contributed by atoms with E-state index in [1.807, 2.05) is 18.2 Å². The minimum atomic E-state index is 0. The van der Waals surface area contributed by atoms with Crippen LogP contribution in [-0.4, -0.2) is 17.3 Å². The van der Waals surface area contributed by atoms with Gasteiger partial charge in [-0.15, -0.1) is 6.58 Å². The highest BCUT2D eigenvalue weighted by atomic mass is 16.1. The Morgan fingerprint density at radius 2 is 1.54 bits per heavy atom. The van der Waals surface area contributed by atoms with Crippen LogP contribution in [0, 0.1) is 25.2 Å². The second-order valence-electron chi connectivity index (χ2n) is 11.4. The van der Waals surface area contributed by atoms with Crippen molar-refractivity contribution in [1.82, 2.24) is 0 Å². The van der Waals surface area contributed by atoms with Crippen LogP contribution in [0.4, 0.5) is 0 Å². The quantitative estimate of drug-likeness (QED) is 0.270. The fourth-order valence-corrected chi connectivity index (χ4v) is 5.26. The first-order valence-corrected chi connectivity index (χ1v) is 14.8. The standard InChI is InChI=1S/C24H34O2.C9H12.C3H6O.H2/c1-4-8-23(26)21-13-16-24(15-5-2,17-14-21)18-22(25)12-11-20-10-7-6-9-19(20)3;1-3-9-6-4-8(2)5-7-9;1-3(2)4;/h5-7,9-10,21H,2,4,8,11-18H2,1,3H3;4-7H,3H2,1-2H3;1-2H3;1H. The molecule has 0 N–H and O–H groups in total. The van der Waals surface area contributed by atoms with E-state index in [4.69, 9.17) is 0 Å². The molecule has 0 amide bonds. The molecular formula is C36H54O3. The molecule has 39 heavy (non-hydrogen) atoms. The molecule has 3 rings (SSSR count). The van der Waals surface area contributed by atoms with Crippen LogP contribution in [-0.2, 0) is 27.2 Å². The van der Waals surface area contributed by atoms with Gasteiger partial charge in [0.25, 0.3) is 0 Å². The van der Waals surface area contributed by atoms with Crippen molar-refractivity contribution in [2.24, 2.45) is 11.3 Å². The fourth-order valence-electron chi connectivity index (χ4n) is 5.26. The maximum atomic E-state index is 12.7. The van der Waals surface area contributed by atoms with Crippen molar-refractivity contribution < 1.29 is 15.8 Å². The number of Topliss-reactive ketones (excluding diaryl/α,β-unsaturated/α-hetero) is 3. The summed E-state index contributed by atoms with van der Waals surface area (Å²) in [5.41, 5.74) is 5.32. The molecule has 3 nitrogen and oxygen atoms in total. The van der Waals surface area contributed by atoms with Gasteiger partial charge in [0.05, 0.1) is 0 Å². The van der Waals surface area contributed by atoms with Crippen molar-refractivity contribution in [2.75, 3.05) is 0 Å². The van der Waals surface area contributed by atoms with Crippen molar-refractivity contribution in [3.63, 3.8) is 0 Å². The second kappa shape index (κ2) is 18.5. The molecule has 1 fully saturated rings. The lowest BCUT2D eigenvalue weighted by Gasteiger charge is -2.39. The van der Waals surface area contributed by atoms with Gasteiger partial charge < -0.3 is 4.79 Å². The normalized spacial score (nSPS) is 18.1. The summed E-state index contributed by atoms with van der Waals surface area (Å²) < 4.78 is 0. The van der Waals surface area contributed by atoms with E-state index in [9.17, 15) is 14.4 Å². The number of rotatable bonds is 11. The Bertz CT molecular complexity index is 1030. The molecule has 2 aromatic carbocycles. The average molecular weight is 535 g/mol. The number of aryl methyl sites for hydroxylation is 4. The van der Waals surface area contributed by atoms with Gasteiger partial charge in [-0.2, -0.15) is 0 Å². The van der Waals surface area contributed by atoms with Crippen LogP contribution in [0.25, 0.3) is 0 Å². The smallest absolute Gasteiger partial charge is 0.135 e. The average Bonchev–Trinajstić information content (AvgIpc) is 2.89. The van der Waals surface area contributed by atoms with Crippen LogP contribution < -0.4 is 0 Å². The minimum Gasteiger partial charge on any atom is -0.300 e. The Labute approximate surface area is 240 Å². The zero-order valence-electron chi connectivity index (χ0n) is 25.5. The van der Waals surface area contributed by atoms with Crippen LogP contribution in [0.2, 0.25) is 0 Å². The molecule has 0 heterocycles. The molecule has 1 saturated carbocycles. The summed E-state index contributed by atoms with van der Waals surface area (Å²) in [6.45, 7) is 15.4. The summed E-state index contributed by atoms with van der Waals surface area (Å²) in [7, 11) is 0. The summed E-state index contributed by atoms with van der Waals surface area (Å²) in [6, 6.07) is 17.0. The topological polar surface area (TPSA) is 51.2 Å². The van der Waals surface area contributed by atoms with E-state index in [-0.39, 0.29) is 18.5 Å². The number of hydrogen-bond acceptors (Lipinski definition) is 3. The Hall–Kier alpha value is -2.81. The fraction of sp³-hybridized carbons (Fsp3) is 0.528. The Kier molecular flexibility index (Phi) is 16.2. The van der Waals surface area contributed by atoms with Gasteiger partial charge in [0, 0.05) is 26.6 Å². The molecule has 0 atom stereocenters. The van der Waals surface area contributed by atoms with E-state index in [2.05, 4.69) is 70.7 Å². The van der Waals surface area contributed by atoms with Crippen LogP contribution in [0.15, 0.2) is 61.2 Å². The largest absolute Gasteiger partial charge is 0.300 e. The molecule has 2 aromatic rings. The van der Waals surface area contributed by atoms with E-state index in [0.29, 0.717) is 30.8 Å². The summed E-state index contributed by atoms with van der Waals surface area (Å²) in [5.74, 6) is 1.16. The Balaban J connectivity index is 0.000000898. The van der Waals surface area contributed by atoms with Gasteiger partial charge in [0.15, 0.2) is 0 Å². The van der Waals surface area contributed by atoms with Crippen molar-refractivity contribution in [3.8, 4) is 0 Å². The molecular weight excluding hydrogens is 480 g/mol. The van der Waals surface area contributed by atoms with Crippen molar-refractivity contribution in [1.29, 1.82) is 0 Å². The first-order valence-electron chi connectivity index (χ1n) is 14.8. The van der Waals surface area contributed by atoms with E-state index < -0.39 is 0 Å². The third-order valence-corrected chi connectivity index (χ3v) is 7.61. The van der Waals surface area contributed by atoms with Crippen molar-refractivity contribution in [2.45, 2.75) is 112 Å². The SMILES string of the molecule is C=CCC1(CC(=O)CCc2ccccc2C)CCC(C(=O)CCC)CC1.CC(C)=O.CCc1ccc(C)cc1.[HH]. The minimum absolute atomic E-state index is 0. The van der Waals surface area contributed by atoms with Gasteiger partial charge in [-0.1, -0.05) is 74.0 Å². The van der Waals surface area contributed by atoms with E-state index in [1.54, 1.807) is 0 Å². The van der Waals surface area contributed by atoms with Crippen LogP contribution in [0.3, 0.4) is 0 Å². The summed E-state index contributed by atoms with van der Waals surface area (Å²) in [4.78, 5) is 34.3. The van der Waals surface area contributed by atoms with Gasteiger partial charge in [-0.25, -0.2) is 0 Å². The van der Waals surface area contributed by atoms with E-state index in [0.717, 1.165) is 51.4 Å². The van der Waals surface area contributed by atoms with Gasteiger partial charge in [0.2, 0.25) is 0 Å². The molecule has 0 radical (unpaired) electrons. The molecule has 0 saturated heterocycles. The zero-order chi connectivity index (χ0) is 29.3. The monoisotopic (exact) mass is 534 g/mol. The van der Waals surface area contributed by atoms with Gasteiger partial charge in [-0.05, 0) is 101 Å². The van der Waals surface area contributed by atoms with E-state index >= 15 is 0 Å². The number of carbonyl (C=O) groups is 3. The number of ketones is 3. The Morgan fingerprint density at radius 3 is 2.05 bits per heavy atom. The molecule has 216 valence electrons. The summed E-state index contributed by atoms with van der Waals surface area (Å²) >= 11 is 0. The predicted octanol–water partition coefficient (Wildman–Crippen LogP) is 9.41. The molecule has 1 aliphatic carbocycles. The highest BCUT2D eigenvalue weighted by Gasteiger charge is 2.37. The van der Waals surface area contributed by atoms with Gasteiger partial charge in [0.1, 0.15) is 17.3 Å². The van der Waals surface area contributed by atoms with Crippen LogP contribution >= 0.6 is 0 Å². The van der Waals surface area contributed by atoms with Crippen molar-refractivity contribution in [3.05, 3.63) is 83.4 Å². The second-order valence-corrected chi connectivity index (χ2v) is 11.4. The lowest BCUT2D eigenvalue weighted by Crippen LogP contribution is -2.32. The summed E-state index contributed by atoms with van der Waals surface area (Å²) in [6.07, 6.45) is 11.6. The number of hydrogen-bond donors (Lipinski definition) is 0. The van der Waals surface area contributed by atoms with E-state index in [1.165, 1.54) is 36.1 Å². The Morgan fingerprint density at radius 1 is 0.949 bits per heavy atom. The van der Waals surface area contributed by atoms with Crippen LogP contribution in [0.1, 0.15) is 109 Å². The van der Waals surface area contributed by atoms with Gasteiger partial charge in [-0.3, -0.25) is 9.59 Å². The molecule has 0 unspecified atom stereocenters. The van der Waals surface area contributed by atoms with Crippen molar-refractivity contribution >= 4 is 17.3 Å². The lowest BCUT2D eigenvalue weighted by molar-refractivity contribution is -0.125. The molecule has 0 aliphatic heterocycles. The highest BCUT2D eigenvalue weighted by Crippen LogP contribution is 2.45. The lowest BCUT2D eigenvalue weighted by atomic mass is 9.65. The number of benzene rings is 2. The number of carbonyl (C=O) groups excluding carboxylic acids is 3. The molecule has 0 spiro atoms.